The maximum absolute atomic E-state index is 12.2. The summed E-state index contributed by atoms with van der Waals surface area (Å²) in [6, 6.07) is 7.12. The van der Waals surface area contributed by atoms with E-state index in [9.17, 15) is 4.79 Å². The Morgan fingerprint density at radius 2 is 2.13 bits per heavy atom. The molecule has 0 saturated carbocycles. The lowest BCUT2D eigenvalue weighted by molar-refractivity contribution is 0.102. The second-order valence-electron chi connectivity index (χ2n) is 4.52. The SMILES string of the molecule is CCSc1ccc(C(=O)Nc2ccc(-n3cncn3)nc2)cn1. The minimum absolute atomic E-state index is 0.221. The molecular formula is C15H14N6OS. The highest BCUT2D eigenvalue weighted by Crippen LogP contribution is 2.15. The zero-order valence-electron chi connectivity index (χ0n) is 12.4. The number of nitrogens with zero attached hydrogens (tertiary/aromatic N) is 5. The third-order valence-electron chi connectivity index (χ3n) is 2.95. The first-order chi connectivity index (χ1) is 11.3. The molecule has 0 fully saturated rings. The topological polar surface area (TPSA) is 85.6 Å². The van der Waals surface area contributed by atoms with Crippen LogP contribution in [0.3, 0.4) is 0 Å². The predicted octanol–water partition coefficient (Wildman–Crippen LogP) is 2.42. The molecule has 3 aromatic rings. The summed E-state index contributed by atoms with van der Waals surface area (Å²) in [6.45, 7) is 2.06. The summed E-state index contributed by atoms with van der Waals surface area (Å²) in [4.78, 5) is 24.5. The average Bonchev–Trinajstić information content (AvgIpc) is 3.11. The number of hydrogen-bond donors (Lipinski definition) is 1. The zero-order valence-corrected chi connectivity index (χ0v) is 13.2. The van der Waals surface area contributed by atoms with Crippen molar-refractivity contribution in [3.05, 3.63) is 54.9 Å². The number of anilines is 1. The summed E-state index contributed by atoms with van der Waals surface area (Å²) in [6.07, 6.45) is 6.14. The van der Waals surface area contributed by atoms with Crippen LogP contribution in [0.15, 0.2) is 54.3 Å². The second kappa shape index (κ2) is 7.01. The lowest BCUT2D eigenvalue weighted by Gasteiger charge is -2.06. The third kappa shape index (κ3) is 3.72. The van der Waals surface area contributed by atoms with Crippen molar-refractivity contribution in [3.63, 3.8) is 0 Å². The maximum atomic E-state index is 12.2. The van der Waals surface area contributed by atoms with Gasteiger partial charge in [0.1, 0.15) is 12.7 Å². The number of carbonyl (C=O) groups excluding carboxylic acids is 1. The van der Waals surface area contributed by atoms with Crippen LogP contribution in [0.2, 0.25) is 0 Å². The van der Waals surface area contributed by atoms with E-state index in [1.165, 1.54) is 6.33 Å². The van der Waals surface area contributed by atoms with Gasteiger partial charge in [-0.2, -0.15) is 5.10 Å². The zero-order chi connectivity index (χ0) is 16.1. The van der Waals surface area contributed by atoms with Crippen LogP contribution >= 0.6 is 11.8 Å². The molecule has 0 atom stereocenters. The third-order valence-corrected chi connectivity index (χ3v) is 3.78. The standard InChI is InChI=1S/C15H14N6OS/c1-2-23-14-6-3-11(7-18-14)15(22)20-12-4-5-13(17-8-12)21-10-16-9-19-21/h3-10H,2H2,1H3,(H,20,22). The van der Waals surface area contributed by atoms with Crippen molar-refractivity contribution >= 4 is 23.4 Å². The van der Waals surface area contributed by atoms with Crippen molar-refractivity contribution in [2.45, 2.75) is 11.9 Å². The van der Waals surface area contributed by atoms with Gasteiger partial charge in [0.2, 0.25) is 0 Å². The lowest BCUT2D eigenvalue weighted by Crippen LogP contribution is -2.12. The van der Waals surface area contributed by atoms with E-state index < -0.39 is 0 Å². The molecule has 7 nitrogen and oxygen atoms in total. The van der Waals surface area contributed by atoms with E-state index >= 15 is 0 Å². The Labute approximate surface area is 137 Å². The molecule has 1 amide bonds. The molecule has 0 aliphatic rings. The fraction of sp³-hybridized carbons (Fsp3) is 0.133. The van der Waals surface area contributed by atoms with E-state index in [0.29, 0.717) is 17.1 Å². The molecule has 0 aromatic carbocycles. The van der Waals surface area contributed by atoms with Gasteiger partial charge < -0.3 is 5.32 Å². The minimum atomic E-state index is -0.221. The molecule has 1 N–H and O–H groups in total. The largest absolute Gasteiger partial charge is 0.321 e. The smallest absolute Gasteiger partial charge is 0.257 e. The molecule has 0 bridgehead atoms. The van der Waals surface area contributed by atoms with E-state index in [0.717, 1.165) is 10.8 Å². The number of nitrogens with one attached hydrogen (secondary N) is 1. The Kier molecular flexibility index (Phi) is 4.62. The van der Waals surface area contributed by atoms with Crippen LogP contribution in [0.5, 0.6) is 0 Å². The molecular weight excluding hydrogens is 312 g/mol. The van der Waals surface area contributed by atoms with Gasteiger partial charge in [-0.15, -0.1) is 11.8 Å². The van der Waals surface area contributed by atoms with E-state index in [4.69, 9.17) is 0 Å². The van der Waals surface area contributed by atoms with Crippen LogP contribution in [0.25, 0.3) is 5.82 Å². The molecule has 0 unspecified atom stereocenters. The number of rotatable bonds is 5. The lowest BCUT2D eigenvalue weighted by atomic mass is 10.2. The number of carbonyl (C=O) groups is 1. The summed E-state index contributed by atoms with van der Waals surface area (Å²) in [5, 5.41) is 7.69. The molecule has 116 valence electrons. The fourth-order valence-electron chi connectivity index (χ4n) is 1.87. The van der Waals surface area contributed by atoms with Gasteiger partial charge in [-0.1, -0.05) is 6.92 Å². The Morgan fingerprint density at radius 3 is 2.74 bits per heavy atom. The average molecular weight is 326 g/mol. The Balaban J connectivity index is 1.67. The van der Waals surface area contributed by atoms with E-state index in [-0.39, 0.29) is 5.91 Å². The summed E-state index contributed by atoms with van der Waals surface area (Å²) in [7, 11) is 0. The number of aromatic nitrogens is 5. The number of thioether (sulfide) groups is 1. The Bertz CT molecular complexity index is 771. The fourth-order valence-corrected chi connectivity index (χ4v) is 2.46. The van der Waals surface area contributed by atoms with Gasteiger partial charge in [0.15, 0.2) is 5.82 Å². The van der Waals surface area contributed by atoms with Gasteiger partial charge in [-0.3, -0.25) is 4.79 Å². The van der Waals surface area contributed by atoms with Crippen LogP contribution in [0.4, 0.5) is 5.69 Å². The first kappa shape index (κ1) is 15.2. The van der Waals surface area contributed by atoms with Gasteiger partial charge in [0.25, 0.3) is 5.91 Å². The van der Waals surface area contributed by atoms with E-state index in [1.807, 2.05) is 6.07 Å². The monoisotopic (exact) mass is 326 g/mol. The normalized spacial score (nSPS) is 10.5. The first-order valence-corrected chi connectivity index (χ1v) is 7.96. The van der Waals surface area contributed by atoms with Gasteiger partial charge in [0.05, 0.1) is 22.5 Å². The van der Waals surface area contributed by atoms with Crippen molar-refractivity contribution in [3.8, 4) is 5.82 Å². The summed E-state index contributed by atoms with van der Waals surface area (Å²) >= 11 is 1.63. The van der Waals surface area contributed by atoms with Crippen LogP contribution in [-0.2, 0) is 0 Å². The Hall–Kier alpha value is -2.74. The molecule has 0 saturated heterocycles. The van der Waals surface area contributed by atoms with Crippen LogP contribution < -0.4 is 5.32 Å². The first-order valence-electron chi connectivity index (χ1n) is 6.97. The van der Waals surface area contributed by atoms with Crippen LogP contribution in [0, 0.1) is 0 Å². The predicted molar refractivity (Wildman–Crippen MR) is 87.7 cm³/mol. The number of pyridine rings is 2. The molecule has 0 aliphatic heterocycles. The number of amides is 1. The van der Waals surface area contributed by atoms with E-state index in [2.05, 4.69) is 32.3 Å². The molecule has 23 heavy (non-hydrogen) atoms. The summed E-state index contributed by atoms with van der Waals surface area (Å²) in [5.41, 5.74) is 1.11. The highest BCUT2D eigenvalue weighted by atomic mass is 32.2. The van der Waals surface area contributed by atoms with E-state index in [1.54, 1.807) is 53.4 Å². The quantitative estimate of drug-likeness (QED) is 0.725. The van der Waals surface area contributed by atoms with Gasteiger partial charge in [-0.05, 0) is 30.0 Å². The van der Waals surface area contributed by atoms with Gasteiger partial charge in [-0.25, -0.2) is 19.6 Å². The molecule has 0 aliphatic carbocycles. The van der Waals surface area contributed by atoms with Gasteiger partial charge in [0, 0.05) is 6.20 Å². The number of hydrogen-bond acceptors (Lipinski definition) is 6. The molecule has 3 heterocycles. The molecule has 3 aromatic heterocycles. The second-order valence-corrected chi connectivity index (χ2v) is 5.80. The minimum Gasteiger partial charge on any atom is -0.321 e. The summed E-state index contributed by atoms with van der Waals surface area (Å²) in [5.74, 6) is 1.35. The van der Waals surface area contributed by atoms with Crippen molar-refractivity contribution in [2.75, 3.05) is 11.1 Å². The highest BCUT2D eigenvalue weighted by molar-refractivity contribution is 7.99. The summed E-state index contributed by atoms with van der Waals surface area (Å²) < 4.78 is 1.54. The van der Waals surface area contributed by atoms with Crippen molar-refractivity contribution < 1.29 is 4.79 Å². The van der Waals surface area contributed by atoms with Crippen molar-refractivity contribution in [2.24, 2.45) is 0 Å². The molecule has 3 rings (SSSR count). The highest BCUT2D eigenvalue weighted by Gasteiger charge is 2.07. The molecule has 0 radical (unpaired) electrons. The van der Waals surface area contributed by atoms with Gasteiger partial charge >= 0.3 is 0 Å². The van der Waals surface area contributed by atoms with Crippen molar-refractivity contribution in [1.82, 2.24) is 24.7 Å². The van der Waals surface area contributed by atoms with Crippen molar-refractivity contribution in [1.29, 1.82) is 0 Å². The Morgan fingerprint density at radius 1 is 1.22 bits per heavy atom. The van der Waals surface area contributed by atoms with Crippen LogP contribution in [-0.4, -0.2) is 36.4 Å². The molecule has 0 spiro atoms. The van der Waals surface area contributed by atoms with Crippen LogP contribution in [0.1, 0.15) is 17.3 Å². The maximum Gasteiger partial charge on any atom is 0.257 e. The molecule has 8 heteroatoms.